The van der Waals surface area contributed by atoms with Crippen molar-refractivity contribution in [3.63, 3.8) is 0 Å². The minimum absolute atomic E-state index is 0.210. The highest BCUT2D eigenvalue weighted by Crippen LogP contribution is 2.20. The lowest BCUT2D eigenvalue weighted by molar-refractivity contribution is -0.162. The molecule has 0 radical (unpaired) electrons. The van der Waals surface area contributed by atoms with Crippen molar-refractivity contribution in [2.75, 3.05) is 13.2 Å². The minimum Gasteiger partial charge on any atom is -0.271 e. The van der Waals surface area contributed by atoms with E-state index in [2.05, 4.69) is 0 Å². The van der Waals surface area contributed by atoms with Crippen molar-refractivity contribution in [2.45, 2.75) is 6.42 Å². The summed E-state index contributed by atoms with van der Waals surface area (Å²) in [4.78, 5) is 16.7. The topological polar surface area (TPSA) is 29.5 Å². The molecule has 1 aromatic rings. The zero-order chi connectivity index (χ0) is 12.3. The van der Waals surface area contributed by atoms with Crippen molar-refractivity contribution >= 4 is 23.6 Å². The molecule has 1 amide bonds. The van der Waals surface area contributed by atoms with Gasteiger partial charge in [-0.3, -0.25) is 9.63 Å². The van der Waals surface area contributed by atoms with Crippen LogP contribution in [0.15, 0.2) is 24.3 Å². The molecule has 90 valence electrons. The Morgan fingerprint density at radius 3 is 3.00 bits per heavy atom. The summed E-state index contributed by atoms with van der Waals surface area (Å²) in [6.45, 7) is 1.11. The first kappa shape index (κ1) is 12.1. The van der Waals surface area contributed by atoms with Gasteiger partial charge in [0, 0.05) is 11.6 Å². The van der Waals surface area contributed by atoms with Crippen LogP contribution in [0.4, 0.5) is 4.39 Å². The average Bonchev–Trinajstić information content (AvgIpc) is 2.81. The van der Waals surface area contributed by atoms with E-state index in [1.165, 1.54) is 29.3 Å². The molecule has 0 aromatic heterocycles. The van der Waals surface area contributed by atoms with E-state index in [-0.39, 0.29) is 16.5 Å². The number of carbonyl (C=O) groups excluding carboxylic acids is 1. The normalized spacial score (nSPS) is 15.8. The number of benzene rings is 1. The van der Waals surface area contributed by atoms with Crippen molar-refractivity contribution in [3.05, 3.63) is 40.7 Å². The molecular formula is C12H11ClFNO2. The predicted octanol–water partition coefficient (Wildman–Crippen LogP) is 2.66. The Morgan fingerprint density at radius 2 is 2.35 bits per heavy atom. The third-order valence-corrected chi connectivity index (χ3v) is 2.72. The van der Waals surface area contributed by atoms with Crippen molar-refractivity contribution < 1.29 is 14.0 Å². The molecule has 17 heavy (non-hydrogen) atoms. The highest BCUT2D eigenvalue weighted by molar-refractivity contribution is 6.32. The van der Waals surface area contributed by atoms with Crippen LogP contribution >= 0.6 is 11.6 Å². The van der Waals surface area contributed by atoms with Gasteiger partial charge in [-0.25, -0.2) is 9.45 Å². The second kappa shape index (κ2) is 5.29. The van der Waals surface area contributed by atoms with Gasteiger partial charge < -0.3 is 0 Å². The maximum Gasteiger partial charge on any atom is 0.270 e. The summed E-state index contributed by atoms with van der Waals surface area (Å²) >= 11 is 5.83. The van der Waals surface area contributed by atoms with Gasteiger partial charge in [0.25, 0.3) is 5.91 Å². The van der Waals surface area contributed by atoms with E-state index in [0.717, 1.165) is 6.42 Å². The summed E-state index contributed by atoms with van der Waals surface area (Å²) in [7, 11) is 0. The van der Waals surface area contributed by atoms with Gasteiger partial charge in [-0.2, -0.15) is 0 Å². The molecule has 1 fully saturated rings. The quantitative estimate of drug-likeness (QED) is 0.761. The fourth-order valence-corrected chi connectivity index (χ4v) is 1.75. The number of amides is 1. The van der Waals surface area contributed by atoms with Gasteiger partial charge in [0.15, 0.2) is 0 Å². The number of hydroxylamine groups is 2. The lowest BCUT2D eigenvalue weighted by atomic mass is 10.2. The molecule has 3 nitrogen and oxygen atoms in total. The number of rotatable bonds is 2. The summed E-state index contributed by atoms with van der Waals surface area (Å²) < 4.78 is 13.4. The van der Waals surface area contributed by atoms with E-state index in [0.29, 0.717) is 13.2 Å². The van der Waals surface area contributed by atoms with E-state index < -0.39 is 5.82 Å². The van der Waals surface area contributed by atoms with Crippen LogP contribution in [-0.2, 0) is 9.63 Å². The van der Waals surface area contributed by atoms with E-state index in [4.69, 9.17) is 16.4 Å². The number of nitrogens with zero attached hydrogens (tertiary/aromatic N) is 1. The molecule has 0 unspecified atom stereocenters. The maximum atomic E-state index is 13.4. The maximum absolute atomic E-state index is 13.4. The molecule has 0 bridgehead atoms. The first-order chi connectivity index (χ1) is 8.18. The van der Waals surface area contributed by atoms with E-state index in [9.17, 15) is 9.18 Å². The molecule has 1 heterocycles. The molecule has 0 saturated carbocycles. The van der Waals surface area contributed by atoms with Crippen molar-refractivity contribution in [1.82, 2.24) is 5.06 Å². The molecular weight excluding hydrogens is 245 g/mol. The summed E-state index contributed by atoms with van der Waals surface area (Å²) in [6.07, 6.45) is 3.44. The molecule has 1 aliphatic rings. The summed E-state index contributed by atoms with van der Waals surface area (Å²) in [6, 6.07) is 4.38. The molecule has 0 N–H and O–H groups in total. The Balaban J connectivity index is 2.12. The van der Waals surface area contributed by atoms with Crippen molar-refractivity contribution in [1.29, 1.82) is 0 Å². The van der Waals surface area contributed by atoms with Crippen LogP contribution in [0.2, 0.25) is 5.02 Å². The van der Waals surface area contributed by atoms with Crippen molar-refractivity contribution in [3.8, 4) is 0 Å². The Morgan fingerprint density at radius 1 is 1.53 bits per heavy atom. The fourth-order valence-electron chi connectivity index (χ4n) is 1.53. The second-order valence-electron chi connectivity index (χ2n) is 3.60. The number of halogens is 2. The Hall–Kier alpha value is -1.39. The summed E-state index contributed by atoms with van der Waals surface area (Å²) in [5.41, 5.74) is 0.210. The van der Waals surface area contributed by atoms with Gasteiger partial charge in [0.2, 0.25) is 0 Å². The lowest BCUT2D eigenvalue weighted by Crippen LogP contribution is -2.24. The van der Waals surface area contributed by atoms with Crippen LogP contribution in [0.1, 0.15) is 12.0 Å². The van der Waals surface area contributed by atoms with Gasteiger partial charge in [-0.05, 0) is 24.6 Å². The minimum atomic E-state index is -0.455. The summed E-state index contributed by atoms with van der Waals surface area (Å²) in [5.74, 6) is -0.759. The van der Waals surface area contributed by atoms with E-state index in [1.54, 1.807) is 6.07 Å². The Labute approximate surface area is 103 Å². The highest BCUT2D eigenvalue weighted by Gasteiger charge is 2.16. The first-order valence-corrected chi connectivity index (χ1v) is 5.63. The molecule has 5 heteroatoms. The molecule has 0 spiro atoms. The lowest BCUT2D eigenvalue weighted by Gasteiger charge is -2.10. The molecule has 1 aromatic carbocycles. The smallest absolute Gasteiger partial charge is 0.270 e. The van der Waals surface area contributed by atoms with Gasteiger partial charge >= 0.3 is 0 Å². The van der Waals surface area contributed by atoms with Gasteiger partial charge in [-0.15, -0.1) is 0 Å². The highest BCUT2D eigenvalue weighted by atomic mass is 35.5. The molecule has 2 rings (SSSR count). The SMILES string of the molecule is O=C(/C=C/c1c(F)cccc1Cl)N1CCCO1. The number of hydrogen-bond donors (Lipinski definition) is 0. The van der Waals surface area contributed by atoms with E-state index in [1.807, 2.05) is 0 Å². The Bertz CT molecular complexity index is 436. The van der Waals surface area contributed by atoms with Gasteiger partial charge in [0.05, 0.1) is 18.2 Å². The van der Waals surface area contributed by atoms with Crippen molar-refractivity contribution in [2.24, 2.45) is 0 Å². The second-order valence-corrected chi connectivity index (χ2v) is 4.00. The fraction of sp³-hybridized carbons (Fsp3) is 0.250. The van der Waals surface area contributed by atoms with Gasteiger partial charge in [-0.1, -0.05) is 17.7 Å². The first-order valence-electron chi connectivity index (χ1n) is 5.25. The Kier molecular flexibility index (Phi) is 3.76. The standard InChI is InChI=1S/C12H11ClFNO2/c13-10-3-1-4-11(14)9(10)5-6-12(16)15-7-2-8-17-15/h1,3-6H,2,7-8H2/b6-5+. The third kappa shape index (κ3) is 2.84. The van der Waals surface area contributed by atoms with E-state index >= 15 is 0 Å². The molecule has 1 aliphatic heterocycles. The predicted molar refractivity (Wildman–Crippen MR) is 62.7 cm³/mol. The molecule has 0 aliphatic carbocycles. The van der Waals surface area contributed by atoms with Crippen LogP contribution in [0.3, 0.4) is 0 Å². The molecule has 0 atom stereocenters. The number of hydrogen-bond acceptors (Lipinski definition) is 2. The van der Waals surface area contributed by atoms with Gasteiger partial charge in [0.1, 0.15) is 5.82 Å². The zero-order valence-electron chi connectivity index (χ0n) is 9.03. The summed E-state index contributed by atoms with van der Waals surface area (Å²) in [5, 5.41) is 1.53. The van der Waals surface area contributed by atoms with Crippen LogP contribution in [0.5, 0.6) is 0 Å². The molecule has 1 saturated heterocycles. The zero-order valence-corrected chi connectivity index (χ0v) is 9.78. The van der Waals surface area contributed by atoms with Crippen LogP contribution in [-0.4, -0.2) is 24.1 Å². The van der Waals surface area contributed by atoms with Crippen LogP contribution in [0.25, 0.3) is 6.08 Å². The monoisotopic (exact) mass is 255 g/mol. The average molecular weight is 256 g/mol. The van der Waals surface area contributed by atoms with Crippen LogP contribution in [0, 0.1) is 5.82 Å². The largest absolute Gasteiger partial charge is 0.271 e. The third-order valence-electron chi connectivity index (χ3n) is 2.39. The van der Waals surface area contributed by atoms with Crippen LogP contribution < -0.4 is 0 Å². The number of carbonyl (C=O) groups is 1.